The number of hydrogen-bond acceptors (Lipinski definition) is 5. The van der Waals surface area contributed by atoms with Crippen LogP contribution in [0.3, 0.4) is 0 Å². The Bertz CT molecular complexity index is 974. The molecule has 0 aliphatic rings. The molecule has 3 unspecified atom stereocenters. The summed E-state index contributed by atoms with van der Waals surface area (Å²) in [6.07, 6.45) is 43.4. The van der Waals surface area contributed by atoms with Crippen LogP contribution >= 0.6 is 0 Å². The van der Waals surface area contributed by atoms with Crippen molar-refractivity contribution in [1.82, 2.24) is 5.32 Å². The summed E-state index contributed by atoms with van der Waals surface area (Å²) in [5, 5.41) is 23.3. The molecule has 0 aliphatic carbocycles. The summed E-state index contributed by atoms with van der Waals surface area (Å²) in [7, 11) is -4.45. The number of amides is 1. The summed E-state index contributed by atoms with van der Waals surface area (Å²) < 4.78 is 32.3. The molecule has 0 fully saturated rings. The summed E-state index contributed by atoms with van der Waals surface area (Å²) >= 11 is 0. The number of aliphatic hydroxyl groups is 2. The molecule has 0 radical (unpaired) electrons. The second kappa shape index (κ2) is 34.7. The molecule has 0 saturated heterocycles. The molecule has 0 aliphatic heterocycles. The average Bonchev–Trinajstić information content (AvgIpc) is 3.06. The lowest BCUT2D eigenvalue weighted by molar-refractivity contribution is -0.130. The zero-order valence-electron chi connectivity index (χ0n) is 31.4. The number of rotatable bonds is 35. The van der Waals surface area contributed by atoms with Crippen molar-refractivity contribution in [3.63, 3.8) is 0 Å². The first-order valence-corrected chi connectivity index (χ1v) is 21.6. The molecule has 0 rings (SSSR count). The van der Waals surface area contributed by atoms with Gasteiger partial charge in [0.2, 0.25) is 5.91 Å². The predicted molar refractivity (Wildman–Crippen MR) is 208 cm³/mol. The molecule has 49 heavy (non-hydrogen) atoms. The van der Waals surface area contributed by atoms with Crippen LogP contribution in [-0.2, 0) is 14.9 Å². The third-order valence-electron chi connectivity index (χ3n) is 8.82. The maximum absolute atomic E-state index is 12.5. The molecule has 3 atom stereocenters. The predicted octanol–water partition coefficient (Wildman–Crippen LogP) is 10.5. The van der Waals surface area contributed by atoms with Gasteiger partial charge < -0.3 is 15.5 Å². The largest absolute Gasteiger partial charge is 0.387 e. The van der Waals surface area contributed by atoms with Crippen molar-refractivity contribution in [2.45, 2.75) is 199 Å². The van der Waals surface area contributed by atoms with Crippen molar-refractivity contribution < 1.29 is 28.0 Å². The first-order chi connectivity index (χ1) is 23.7. The lowest BCUT2D eigenvalue weighted by Crippen LogP contribution is -2.50. The zero-order chi connectivity index (χ0) is 36.3. The van der Waals surface area contributed by atoms with E-state index in [1.807, 2.05) is 0 Å². The molecule has 0 aromatic heterocycles. The zero-order valence-corrected chi connectivity index (χ0v) is 32.2. The van der Waals surface area contributed by atoms with Gasteiger partial charge in [-0.1, -0.05) is 165 Å². The number of nitrogens with one attached hydrogen (secondary N) is 1. The van der Waals surface area contributed by atoms with E-state index < -0.39 is 40.0 Å². The van der Waals surface area contributed by atoms with Gasteiger partial charge in [-0.15, -0.1) is 0 Å². The summed E-state index contributed by atoms with van der Waals surface area (Å²) in [5.41, 5.74) is 0. The Morgan fingerprint density at radius 2 is 0.980 bits per heavy atom. The molecule has 7 nitrogen and oxygen atoms in total. The van der Waals surface area contributed by atoms with Crippen molar-refractivity contribution in [3.8, 4) is 0 Å². The smallest absolute Gasteiger partial charge is 0.267 e. The molecule has 286 valence electrons. The lowest BCUT2D eigenvalue weighted by Gasteiger charge is -2.22. The Morgan fingerprint density at radius 3 is 1.45 bits per heavy atom. The Morgan fingerprint density at radius 1 is 0.571 bits per heavy atom. The minimum Gasteiger partial charge on any atom is -0.387 e. The fourth-order valence-electron chi connectivity index (χ4n) is 5.78. The van der Waals surface area contributed by atoms with E-state index in [0.29, 0.717) is 12.8 Å². The second-order valence-corrected chi connectivity index (χ2v) is 15.1. The Hall–Kier alpha value is -1.74. The van der Waals surface area contributed by atoms with Crippen molar-refractivity contribution >= 4 is 16.0 Å². The Labute approximate surface area is 302 Å². The highest BCUT2D eigenvalue weighted by atomic mass is 32.2. The SMILES string of the molecule is CC/C=C/CC/C=C/CC/C=C/C(O)C(CS(=O)(=O)O)NC(=O)C(O)CCCCCCCC/C=C\CCCCCCCCCCCCCC. The van der Waals surface area contributed by atoms with Crippen LogP contribution in [0.25, 0.3) is 0 Å². The third kappa shape index (κ3) is 34.5. The molecular weight excluding hydrogens is 635 g/mol. The minimum absolute atomic E-state index is 0.263. The Kier molecular flexibility index (Phi) is 33.5. The highest BCUT2D eigenvalue weighted by Gasteiger charge is 2.27. The van der Waals surface area contributed by atoms with E-state index in [-0.39, 0.29) is 6.42 Å². The third-order valence-corrected chi connectivity index (χ3v) is 9.60. The summed E-state index contributed by atoms with van der Waals surface area (Å²) in [4.78, 5) is 12.5. The molecule has 4 N–H and O–H groups in total. The number of hydrogen-bond donors (Lipinski definition) is 4. The van der Waals surface area contributed by atoms with E-state index in [1.165, 1.54) is 102 Å². The standard InChI is InChI=1S/C41H75NO6S/c1-3-5-7-9-11-13-15-16-17-18-19-20-21-22-23-24-25-26-28-30-32-34-36-40(44)41(45)42-38(37-49(46,47)48)39(43)35-33-31-29-27-14-12-10-8-6-4-2/h6,8,14,22-23,27,33,35,38-40,43-44H,3-5,7,9-13,15-21,24-26,28-32,34,36-37H2,1-2H3,(H,42,45)(H,46,47,48)/b8-6+,23-22-,27-14+,35-33+. The van der Waals surface area contributed by atoms with E-state index in [0.717, 1.165) is 51.4 Å². The van der Waals surface area contributed by atoms with Gasteiger partial charge in [0.15, 0.2) is 0 Å². The maximum Gasteiger partial charge on any atom is 0.267 e. The van der Waals surface area contributed by atoms with Gasteiger partial charge in [0.25, 0.3) is 10.1 Å². The van der Waals surface area contributed by atoms with Crippen LogP contribution in [0.2, 0.25) is 0 Å². The minimum atomic E-state index is -4.45. The van der Waals surface area contributed by atoms with Crippen LogP contribution < -0.4 is 5.32 Å². The molecular formula is C41H75NO6S. The molecule has 1 amide bonds. The van der Waals surface area contributed by atoms with Gasteiger partial charge in [0, 0.05) is 0 Å². The van der Waals surface area contributed by atoms with Crippen LogP contribution in [0, 0.1) is 0 Å². The van der Waals surface area contributed by atoms with Gasteiger partial charge in [0.05, 0.1) is 17.9 Å². The Balaban J connectivity index is 3.98. The molecule has 8 heteroatoms. The number of aliphatic hydroxyl groups excluding tert-OH is 2. The van der Waals surface area contributed by atoms with Crippen LogP contribution in [0.15, 0.2) is 48.6 Å². The number of unbranched alkanes of at least 4 members (excludes halogenated alkanes) is 20. The highest BCUT2D eigenvalue weighted by molar-refractivity contribution is 7.85. The first-order valence-electron chi connectivity index (χ1n) is 19.9. The average molecular weight is 710 g/mol. The number of carbonyl (C=O) groups excluding carboxylic acids is 1. The highest BCUT2D eigenvalue weighted by Crippen LogP contribution is 2.14. The van der Waals surface area contributed by atoms with E-state index in [1.54, 1.807) is 6.08 Å². The van der Waals surface area contributed by atoms with Crippen molar-refractivity contribution in [1.29, 1.82) is 0 Å². The normalized spacial score (nSPS) is 14.5. The molecule has 0 aromatic rings. The van der Waals surface area contributed by atoms with Gasteiger partial charge in [-0.3, -0.25) is 9.35 Å². The quantitative estimate of drug-likeness (QED) is 0.0295. The van der Waals surface area contributed by atoms with Crippen LogP contribution in [-0.4, -0.2) is 53.1 Å². The van der Waals surface area contributed by atoms with E-state index >= 15 is 0 Å². The monoisotopic (exact) mass is 710 g/mol. The number of carbonyl (C=O) groups is 1. The fraction of sp³-hybridized carbons (Fsp3) is 0.780. The molecule has 0 bridgehead atoms. The molecule has 0 aromatic carbocycles. The van der Waals surface area contributed by atoms with Gasteiger partial charge in [-0.05, 0) is 64.2 Å². The van der Waals surface area contributed by atoms with Crippen LogP contribution in [0.4, 0.5) is 0 Å². The van der Waals surface area contributed by atoms with E-state index in [9.17, 15) is 28.0 Å². The van der Waals surface area contributed by atoms with Gasteiger partial charge in [0.1, 0.15) is 6.10 Å². The topological polar surface area (TPSA) is 124 Å². The molecule has 0 spiro atoms. The van der Waals surface area contributed by atoms with Gasteiger partial charge >= 0.3 is 0 Å². The molecule has 0 saturated carbocycles. The lowest BCUT2D eigenvalue weighted by atomic mass is 10.0. The van der Waals surface area contributed by atoms with E-state index in [4.69, 9.17) is 0 Å². The van der Waals surface area contributed by atoms with E-state index in [2.05, 4.69) is 55.6 Å². The summed E-state index contributed by atoms with van der Waals surface area (Å²) in [6.45, 7) is 4.37. The van der Waals surface area contributed by atoms with Gasteiger partial charge in [-0.25, -0.2) is 0 Å². The number of allylic oxidation sites excluding steroid dienone is 7. The summed E-state index contributed by atoms with van der Waals surface area (Å²) in [6, 6.07) is -1.26. The first kappa shape index (κ1) is 47.3. The second-order valence-electron chi connectivity index (χ2n) is 13.7. The molecule has 0 heterocycles. The van der Waals surface area contributed by atoms with Crippen molar-refractivity contribution in [3.05, 3.63) is 48.6 Å². The maximum atomic E-state index is 12.5. The van der Waals surface area contributed by atoms with Crippen LogP contribution in [0.5, 0.6) is 0 Å². The summed E-state index contributed by atoms with van der Waals surface area (Å²) in [5.74, 6) is -1.58. The fourth-order valence-corrected chi connectivity index (χ4v) is 6.52. The van der Waals surface area contributed by atoms with Crippen LogP contribution in [0.1, 0.15) is 181 Å². The van der Waals surface area contributed by atoms with Gasteiger partial charge in [-0.2, -0.15) is 8.42 Å². The van der Waals surface area contributed by atoms with Crippen molar-refractivity contribution in [2.24, 2.45) is 0 Å². The van der Waals surface area contributed by atoms with Crippen molar-refractivity contribution in [2.75, 3.05) is 5.75 Å².